The molecule has 0 aliphatic rings. The summed E-state index contributed by atoms with van der Waals surface area (Å²) in [6, 6.07) is 5.15. The molecule has 1 aromatic heterocycles. The number of rotatable bonds is 5. The summed E-state index contributed by atoms with van der Waals surface area (Å²) < 4.78 is 14.8. The minimum Gasteiger partial charge on any atom is -0.780 e. The molecule has 2 aromatic rings. The van der Waals surface area contributed by atoms with Crippen molar-refractivity contribution in [3.8, 4) is 5.75 Å². The second-order valence-corrected chi connectivity index (χ2v) is 5.84. The molecule has 0 saturated heterocycles. The number of carbonyl (C=O) groups excluding carboxylic acids is 1. The van der Waals surface area contributed by atoms with E-state index in [0.29, 0.717) is 11.3 Å². The van der Waals surface area contributed by atoms with Crippen LogP contribution in [0.15, 0.2) is 30.5 Å². The van der Waals surface area contributed by atoms with Crippen LogP contribution in [0.1, 0.15) is 10.4 Å². The fourth-order valence-electron chi connectivity index (χ4n) is 1.43. The molecule has 116 valence electrons. The quantitative estimate of drug-likeness (QED) is 0.330. The molecule has 1 N–H and O–H groups in total. The first-order valence-electron chi connectivity index (χ1n) is 5.48. The Morgan fingerprint density at radius 2 is 2.00 bits per heavy atom. The molecule has 0 atom stereocenters. The third kappa shape index (κ3) is 5.81. The number of para-hydroxylation sites is 1. The van der Waals surface area contributed by atoms with Gasteiger partial charge in [0.15, 0.2) is 5.13 Å². The number of phosphoric acid groups is 1. The summed E-state index contributed by atoms with van der Waals surface area (Å²) in [5, 5.41) is 12.4. The van der Waals surface area contributed by atoms with E-state index in [9.17, 15) is 29.3 Å². The van der Waals surface area contributed by atoms with Crippen molar-refractivity contribution < 1.29 is 28.6 Å². The monoisotopic (exact) mass is 383 g/mol. The van der Waals surface area contributed by atoms with Gasteiger partial charge in [0.1, 0.15) is 19.8 Å². The number of amides is 1. The fraction of sp³-hybridized carbons (Fsp3) is 0. The average Bonchev–Trinajstić information content (AvgIpc) is 2.86. The fourth-order valence-corrected chi connectivity index (χ4v) is 2.45. The molecule has 1 amide bonds. The van der Waals surface area contributed by atoms with E-state index in [2.05, 4.69) is 14.8 Å². The topological polar surface area (TPSA) is 158 Å². The zero-order valence-corrected chi connectivity index (χ0v) is 15.1. The predicted molar refractivity (Wildman–Crippen MR) is 77.2 cm³/mol. The first-order chi connectivity index (χ1) is 10.3. The second kappa shape index (κ2) is 8.15. The van der Waals surface area contributed by atoms with Gasteiger partial charge in [-0.25, -0.2) is 4.98 Å². The van der Waals surface area contributed by atoms with E-state index in [-0.39, 0.29) is 53.4 Å². The van der Waals surface area contributed by atoms with E-state index < -0.39 is 24.4 Å². The van der Waals surface area contributed by atoms with Crippen molar-refractivity contribution in [3.63, 3.8) is 0 Å². The number of nitrogens with one attached hydrogen (secondary N) is 1. The molecule has 13 heteroatoms. The zero-order chi connectivity index (χ0) is 16.3. The summed E-state index contributed by atoms with van der Waals surface area (Å²) in [6.45, 7) is 0. The third-order valence-corrected chi connectivity index (χ3v) is 3.52. The van der Waals surface area contributed by atoms with Gasteiger partial charge >= 0.3 is 42.7 Å². The van der Waals surface area contributed by atoms with Crippen LogP contribution >= 0.6 is 19.2 Å². The first kappa shape index (κ1) is 20.0. The molecule has 0 bridgehead atoms. The number of nitro groups is 1. The van der Waals surface area contributed by atoms with Crippen molar-refractivity contribution in [2.45, 2.75) is 0 Å². The summed E-state index contributed by atoms with van der Waals surface area (Å²) in [5.74, 6) is -1.27. The Morgan fingerprint density at radius 1 is 1.35 bits per heavy atom. The van der Waals surface area contributed by atoms with Gasteiger partial charge in [0, 0.05) is 0 Å². The molecular formula is C10H6CaN3O7PS. The van der Waals surface area contributed by atoms with Crippen LogP contribution in [-0.2, 0) is 4.57 Å². The van der Waals surface area contributed by atoms with Crippen LogP contribution in [0.2, 0.25) is 0 Å². The summed E-state index contributed by atoms with van der Waals surface area (Å²) in [4.78, 5) is 46.8. The van der Waals surface area contributed by atoms with Crippen molar-refractivity contribution in [1.82, 2.24) is 4.98 Å². The summed E-state index contributed by atoms with van der Waals surface area (Å²) in [7, 11) is -5.33. The van der Waals surface area contributed by atoms with E-state index >= 15 is 0 Å². The minimum absolute atomic E-state index is 0. The molecule has 0 spiro atoms. The maximum Gasteiger partial charge on any atom is 2.00 e. The number of hydrogen-bond acceptors (Lipinski definition) is 9. The number of carbonyl (C=O) groups is 1. The maximum absolute atomic E-state index is 12.0. The van der Waals surface area contributed by atoms with Crippen LogP contribution in [0.3, 0.4) is 0 Å². The molecule has 0 fully saturated rings. The first-order valence-corrected chi connectivity index (χ1v) is 7.76. The average molecular weight is 383 g/mol. The number of phosphoric ester groups is 1. The largest absolute Gasteiger partial charge is 2.00 e. The van der Waals surface area contributed by atoms with Gasteiger partial charge in [-0.1, -0.05) is 12.1 Å². The van der Waals surface area contributed by atoms with Crippen LogP contribution < -0.4 is 19.6 Å². The van der Waals surface area contributed by atoms with Crippen LogP contribution in [0.5, 0.6) is 5.75 Å². The van der Waals surface area contributed by atoms with Crippen LogP contribution in [0.25, 0.3) is 0 Å². The Balaban J connectivity index is 0.00000264. The Hall–Kier alpha value is -1.07. The number of hydrogen-bond donors (Lipinski definition) is 1. The molecule has 23 heavy (non-hydrogen) atoms. The Kier molecular flexibility index (Phi) is 7.08. The van der Waals surface area contributed by atoms with E-state index in [1.54, 1.807) is 0 Å². The van der Waals surface area contributed by atoms with Crippen molar-refractivity contribution in [3.05, 3.63) is 46.1 Å². The predicted octanol–water partition coefficient (Wildman–Crippen LogP) is 0.130. The van der Waals surface area contributed by atoms with Gasteiger partial charge in [-0.2, -0.15) is 0 Å². The Morgan fingerprint density at radius 3 is 2.57 bits per heavy atom. The smallest absolute Gasteiger partial charge is 0.780 e. The van der Waals surface area contributed by atoms with Gasteiger partial charge in [0.25, 0.3) is 5.91 Å². The Labute approximate surface area is 162 Å². The van der Waals surface area contributed by atoms with Crippen molar-refractivity contribution in [2.24, 2.45) is 0 Å². The molecule has 0 unspecified atom stereocenters. The minimum atomic E-state index is -5.33. The van der Waals surface area contributed by atoms with Gasteiger partial charge in [0.05, 0.1) is 10.5 Å². The molecule has 10 nitrogen and oxygen atoms in total. The van der Waals surface area contributed by atoms with Gasteiger partial charge in [0.2, 0.25) is 0 Å². The molecule has 1 heterocycles. The van der Waals surface area contributed by atoms with Gasteiger partial charge < -0.3 is 18.9 Å². The van der Waals surface area contributed by atoms with Crippen LogP contribution in [-0.4, -0.2) is 53.6 Å². The Bertz CT molecular complexity index is 777. The molecule has 1 aromatic carbocycles. The number of anilines is 1. The van der Waals surface area contributed by atoms with Gasteiger partial charge in [-0.05, 0) is 23.5 Å². The molecule has 0 radical (unpaired) electrons. The zero-order valence-electron chi connectivity index (χ0n) is 11.2. The summed E-state index contributed by atoms with van der Waals surface area (Å²) >= 11 is 0.622. The number of nitrogens with zero attached hydrogens (tertiary/aromatic N) is 2. The van der Waals surface area contributed by atoms with Crippen molar-refractivity contribution >= 4 is 72.9 Å². The van der Waals surface area contributed by atoms with Crippen molar-refractivity contribution in [2.75, 3.05) is 5.32 Å². The summed E-state index contributed by atoms with van der Waals surface area (Å²) in [5.41, 5.74) is -0.229. The normalized spacial score (nSPS) is 10.5. The van der Waals surface area contributed by atoms with E-state index in [1.807, 2.05) is 0 Å². The maximum atomic E-state index is 12.0. The van der Waals surface area contributed by atoms with Crippen molar-refractivity contribution in [1.29, 1.82) is 0 Å². The van der Waals surface area contributed by atoms with Gasteiger partial charge in [-0.15, -0.1) is 0 Å². The summed E-state index contributed by atoms with van der Waals surface area (Å²) in [6.07, 6.45) is 0.964. The van der Waals surface area contributed by atoms with Gasteiger partial charge in [-0.3, -0.25) is 20.2 Å². The SMILES string of the molecule is O=C(Nc1ncc([N+](=O)[O-])s1)c1ccccc1OP(=O)([O-])[O-].[Ca+2]. The molecular weight excluding hydrogens is 377 g/mol. The standard InChI is InChI=1S/C10H8N3O7PS.Ca/c14-9(12-10-11-5-8(22-10)13(15)16)6-3-1-2-4-7(6)20-21(17,18)19;/h1-5H,(H,11,12,14)(H2,17,18,19);/q;+2/p-2. The number of thiazole rings is 1. The molecule has 0 aliphatic heterocycles. The van der Waals surface area contributed by atoms with E-state index in [4.69, 9.17) is 0 Å². The van der Waals surface area contributed by atoms with Crippen LogP contribution in [0, 0.1) is 10.1 Å². The van der Waals surface area contributed by atoms with Crippen LogP contribution in [0.4, 0.5) is 10.1 Å². The third-order valence-electron chi connectivity index (χ3n) is 2.24. The number of benzene rings is 1. The number of aromatic nitrogens is 1. The van der Waals surface area contributed by atoms with E-state index in [1.165, 1.54) is 18.2 Å². The molecule has 0 saturated carbocycles. The van der Waals surface area contributed by atoms with E-state index in [0.717, 1.165) is 12.3 Å². The second-order valence-electron chi connectivity index (χ2n) is 3.75. The molecule has 0 aliphatic carbocycles. The molecule has 2 rings (SSSR count).